The van der Waals surface area contributed by atoms with Gasteiger partial charge in [-0.25, -0.2) is 27.6 Å². The Labute approximate surface area is 200 Å². The number of aromatic amines is 1. The number of anilines is 4. The number of carboxylic acid groups (broad SMARTS) is 1. The second-order valence-corrected chi connectivity index (χ2v) is 9.18. The molecule has 36 heavy (non-hydrogen) atoms. The Bertz CT molecular complexity index is 1520. The summed E-state index contributed by atoms with van der Waals surface area (Å²) >= 11 is 0. The van der Waals surface area contributed by atoms with Gasteiger partial charge in [0.15, 0.2) is 21.3 Å². The van der Waals surface area contributed by atoms with E-state index in [9.17, 15) is 26.0 Å². The number of fused-ring (bicyclic) bond motifs is 1. The van der Waals surface area contributed by atoms with Crippen molar-refractivity contribution in [2.24, 2.45) is 0 Å². The molecule has 3 heterocycles. The lowest BCUT2D eigenvalue weighted by molar-refractivity contribution is -0.192. The average Bonchev–Trinajstić information content (AvgIpc) is 3.16. The fourth-order valence-electron chi connectivity index (χ4n) is 2.79. The molecular formula is C20H17F4N7O4S. The highest BCUT2D eigenvalue weighted by molar-refractivity contribution is 7.90. The first-order chi connectivity index (χ1) is 16.7. The van der Waals surface area contributed by atoms with Crippen LogP contribution >= 0.6 is 0 Å². The van der Waals surface area contributed by atoms with Crippen molar-refractivity contribution in [1.82, 2.24) is 25.1 Å². The molecule has 0 aliphatic heterocycles. The molecule has 3 aromatic heterocycles. The molecule has 4 aromatic rings. The van der Waals surface area contributed by atoms with Gasteiger partial charge in [-0.05, 0) is 36.8 Å². The zero-order valence-corrected chi connectivity index (χ0v) is 19.2. The number of nitrogens with zero attached hydrogens (tertiary/aromatic N) is 4. The van der Waals surface area contributed by atoms with Gasteiger partial charge in [0.2, 0.25) is 5.95 Å². The van der Waals surface area contributed by atoms with Crippen LogP contribution in [-0.4, -0.2) is 57.1 Å². The van der Waals surface area contributed by atoms with Crippen LogP contribution in [0.15, 0.2) is 47.6 Å². The maximum absolute atomic E-state index is 13.5. The standard InChI is InChI=1S/C18H16FN7O2S.C2HF3O2/c1-10-3-4-12(8-14(10)29(2,27)28)22-18-20-6-5-15(24-18)23-17-13-7-11(19)9-21-16(13)25-26-17;3-2(4,5)1(6)7/h3-9H,1-2H3,(H3,20,21,22,23,24,25,26);(H,6,7). The van der Waals surface area contributed by atoms with Crippen LogP contribution in [0.2, 0.25) is 0 Å². The fraction of sp³-hybridized carbons (Fsp3) is 0.150. The van der Waals surface area contributed by atoms with Gasteiger partial charge in [0, 0.05) is 18.1 Å². The first kappa shape index (κ1) is 26.3. The van der Waals surface area contributed by atoms with E-state index in [-0.39, 0.29) is 10.8 Å². The van der Waals surface area contributed by atoms with Crippen LogP contribution in [0, 0.1) is 12.7 Å². The molecule has 0 saturated heterocycles. The summed E-state index contributed by atoms with van der Waals surface area (Å²) in [6, 6.07) is 7.91. The van der Waals surface area contributed by atoms with Gasteiger partial charge in [-0.15, -0.1) is 0 Å². The van der Waals surface area contributed by atoms with E-state index in [4.69, 9.17) is 9.90 Å². The molecule has 0 atom stereocenters. The highest BCUT2D eigenvalue weighted by Crippen LogP contribution is 2.25. The van der Waals surface area contributed by atoms with Gasteiger partial charge >= 0.3 is 12.1 Å². The zero-order valence-electron chi connectivity index (χ0n) is 18.4. The number of hydrogen-bond acceptors (Lipinski definition) is 9. The third-order valence-corrected chi connectivity index (χ3v) is 5.61. The summed E-state index contributed by atoms with van der Waals surface area (Å²) in [6.45, 7) is 1.73. The first-order valence-electron chi connectivity index (χ1n) is 9.71. The number of aliphatic carboxylic acids is 1. The normalized spacial score (nSPS) is 11.5. The van der Waals surface area contributed by atoms with E-state index < -0.39 is 27.8 Å². The monoisotopic (exact) mass is 527 g/mol. The van der Waals surface area contributed by atoms with Crippen molar-refractivity contribution in [1.29, 1.82) is 0 Å². The van der Waals surface area contributed by atoms with E-state index in [2.05, 4.69) is 35.8 Å². The van der Waals surface area contributed by atoms with Gasteiger partial charge in [-0.1, -0.05) is 6.07 Å². The SMILES string of the molecule is Cc1ccc(Nc2nccc(Nc3n[nH]c4ncc(F)cc34)n2)cc1S(C)(=O)=O.O=C(O)C(F)(F)F. The molecule has 0 saturated carbocycles. The Hall–Kier alpha value is -4.34. The Morgan fingerprint density at radius 3 is 2.44 bits per heavy atom. The van der Waals surface area contributed by atoms with Gasteiger partial charge in [0.25, 0.3) is 0 Å². The molecule has 0 unspecified atom stereocenters. The molecular weight excluding hydrogens is 510 g/mol. The van der Waals surface area contributed by atoms with E-state index in [0.29, 0.717) is 33.9 Å². The van der Waals surface area contributed by atoms with Crippen molar-refractivity contribution < 1.29 is 35.9 Å². The van der Waals surface area contributed by atoms with E-state index in [0.717, 1.165) is 12.5 Å². The second-order valence-electron chi connectivity index (χ2n) is 7.19. The predicted octanol–water partition coefficient (Wildman–Crippen LogP) is 3.72. The van der Waals surface area contributed by atoms with Gasteiger partial charge in [0.1, 0.15) is 11.6 Å². The predicted molar refractivity (Wildman–Crippen MR) is 120 cm³/mol. The maximum atomic E-state index is 13.5. The lowest BCUT2D eigenvalue weighted by atomic mass is 10.2. The topological polar surface area (TPSA) is 163 Å². The molecule has 0 aliphatic carbocycles. The minimum atomic E-state index is -5.08. The van der Waals surface area contributed by atoms with Crippen molar-refractivity contribution in [3.63, 3.8) is 0 Å². The minimum Gasteiger partial charge on any atom is -0.475 e. The summed E-state index contributed by atoms with van der Waals surface area (Å²) in [5.74, 6) is -2.20. The van der Waals surface area contributed by atoms with Gasteiger partial charge < -0.3 is 15.7 Å². The number of hydrogen-bond donors (Lipinski definition) is 4. The molecule has 16 heteroatoms. The van der Waals surface area contributed by atoms with Crippen LogP contribution < -0.4 is 10.6 Å². The van der Waals surface area contributed by atoms with E-state index in [1.165, 1.54) is 18.3 Å². The van der Waals surface area contributed by atoms with E-state index >= 15 is 0 Å². The van der Waals surface area contributed by atoms with Crippen molar-refractivity contribution in [3.05, 3.63) is 54.1 Å². The van der Waals surface area contributed by atoms with Crippen LogP contribution in [0.25, 0.3) is 11.0 Å². The number of carboxylic acids is 1. The first-order valence-corrected chi connectivity index (χ1v) is 11.6. The number of H-pyrrole nitrogens is 1. The number of rotatable bonds is 5. The molecule has 0 fully saturated rings. The molecule has 11 nitrogen and oxygen atoms in total. The van der Waals surface area contributed by atoms with Crippen LogP contribution in [0.1, 0.15) is 5.56 Å². The molecule has 0 amide bonds. The van der Waals surface area contributed by atoms with Crippen molar-refractivity contribution in [2.75, 3.05) is 16.9 Å². The smallest absolute Gasteiger partial charge is 0.475 e. The number of aryl methyl sites for hydroxylation is 1. The second kappa shape index (κ2) is 10.1. The molecule has 0 spiro atoms. The molecule has 0 radical (unpaired) electrons. The van der Waals surface area contributed by atoms with Crippen molar-refractivity contribution in [3.8, 4) is 0 Å². The Kier molecular flexibility index (Phi) is 7.37. The van der Waals surface area contributed by atoms with Crippen LogP contribution in [0.4, 0.5) is 40.8 Å². The Balaban J connectivity index is 0.000000454. The molecule has 1 aromatic carbocycles. The summed E-state index contributed by atoms with van der Waals surface area (Å²) in [5.41, 5.74) is 1.62. The molecule has 4 rings (SSSR count). The average molecular weight is 527 g/mol. The van der Waals surface area contributed by atoms with Crippen LogP contribution in [0.3, 0.4) is 0 Å². The lowest BCUT2D eigenvalue weighted by Gasteiger charge is -2.10. The lowest BCUT2D eigenvalue weighted by Crippen LogP contribution is -2.21. The number of carbonyl (C=O) groups is 1. The summed E-state index contributed by atoms with van der Waals surface area (Å²) in [6.07, 6.45) is -1.30. The fourth-order valence-corrected chi connectivity index (χ4v) is 3.78. The number of halogens is 4. The van der Waals surface area contributed by atoms with Crippen molar-refractivity contribution >= 4 is 50.1 Å². The van der Waals surface area contributed by atoms with Gasteiger partial charge in [0.05, 0.1) is 16.5 Å². The number of alkyl halides is 3. The summed E-state index contributed by atoms with van der Waals surface area (Å²) in [4.78, 5) is 21.5. The number of nitrogens with one attached hydrogen (secondary N) is 3. The Morgan fingerprint density at radius 2 is 1.81 bits per heavy atom. The highest BCUT2D eigenvalue weighted by Gasteiger charge is 2.38. The largest absolute Gasteiger partial charge is 0.490 e. The maximum Gasteiger partial charge on any atom is 0.490 e. The van der Waals surface area contributed by atoms with E-state index in [1.807, 2.05) is 0 Å². The third-order valence-electron chi connectivity index (χ3n) is 4.37. The summed E-state index contributed by atoms with van der Waals surface area (Å²) in [5, 5.41) is 20.4. The molecule has 4 N–H and O–H groups in total. The van der Waals surface area contributed by atoms with Crippen molar-refractivity contribution in [2.45, 2.75) is 18.0 Å². The Morgan fingerprint density at radius 1 is 1.11 bits per heavy atom. The summed E-state index contributed by atoms with van der Waals surface area (Å²) in [7, 11) is -3.36. The molecule has 0 bridgehead atoms. The number of sulfone groups is 1. The zero-order chi connectivity index (χ0) is 26.7. The third kappa shape index (κ3) is 6.62. The number of benzene rings is 1. The van der Waals surface area contributed by atoms with Gasteiger partial charge in [-0.3, -0.25) is 5.10 Å². The molecule has 190 valence electrons. The minimum absolute atomic E-state index is 0.231. The molecule has 0 aliphatic rings. The number of pyridine rings is 1. The van der Waals surface area contributed by atoms with Crippen LogP contribution in [0.5, 0.6) is 0 Å². The van der Waals surface area contributed by atoms with Gasteiger partial charge in [-0.2, -0.15) is 23.3 Å². The number of aromatic nitrogens is 5. The van der Waals surface area contributed by atoms with Crippen LogP contribution in [-0.2, 0) is 14.6 Å². The summed E-state index contributed by atoms with van der Waals surface area (Å²) < 4.78 is 69.0. The quantitative estimate of drug-likeness (QED) is 0.281. The highest BCUT2D eigenvalue weighted by atomic mass is 32.2. The van der Waals surface area contributed by atoms with E-state index in [1.54, 1.807) is 25.1 Å².